The maximum Gasteiger partial charge on any atom is 0.250 e. The monoisotopic (exact) mass is 439 g/mol. The second-order valence-electron chi connectivity index (χ2n) is 6.58. The van der Waals surface area contributed by atoms with Gasteiger partial charge in [-0.05, 0) is 49.2 Å². The van der Waals surface area contributed by atoms with E-state index in [0.717, 1.165) is 4.41 Å². The molecule has 0 saturated carbocycles. The fraction of sp³-hybridized carbons (Fsp3) is 0.316. The second-order valence-corrected chi connectivity index (χ2v) is 10.7. The van der Waals surface area contributed by atoms with Crippen LogP contribution in [0.4, 0.5) is 10.1 Å². The minimum absolute atomic E-state index is 0.0411. The maximum absolute atomic E-state index is 13.7. The molecule has 0 spiro atoms. The highest BCUT2D eigenvalue weighted by atomic mass is 32.2. The molecule has 156 valence electrons. The molecule has 1 heterocycles. The van der Waals surface area contributed by atoms with Crippen LogP contribution in [0, 0.1) is 5.82 Å². The molecule has 0 aromatic heterocycles. The van der Waals surface area contributed by atoms with Gasteiger partial charge in [-0.1, -0.05) is 24.3 Å². The molecule has 1 aliphatic heterocycles. The van der Waals surface area contributed by atoms with Crippen molar-refractivity contribution in [3.05, 3.63) is 65.5 Å². The smallest absolute Gasteiger partial charge is 0.250 e. The van der Waals surface area contributed by atoms with E-state index < -0.39 is 31.9 Å². The molecule has 10 heteroatoms. The fourth-order valence-corrected chi connectivity index (χ4v) is 4.71. The molecule has 0 fully saturated rings. The Kier molecular flexibility index (Phi) is 5.95. The summed E-state index contributed by atoms with van der Waals surface area (Å²) in [5.74, 6) is -0.620. The van der Waals surface area contributed by atoms with Gasteiger partial charge in [0.25, 0.3) is 0 Å². The Balaban J connectivity index is 1.92. The van der Waals surface area contributed by atoms with E-state index in [2.05, 4.69) is 9.82 Å². The molecule has 7 nitrogen and oxygen atoms in total. The van der Waals surface area contributed by atoms with Gasteiger partial charge in [0.2, 0.25) is 20.0 Å². The summed E-state index contributed by atoms with van der Waals surface area (Å²) in [4.78, 5) is 0. The summed E-state index contributed by atoms with van der Waals surface area (Å²) in [6, 6.07) is 11.7. The van der Waals surface area contributed by atoms with Crippen LogP contribution in [0.1, 0.15) is 37.4 Å². The number of anilines is 1. The molecule has 1 N–H and O–H groups in total. The van der Waals surface area contributed by atoms with Crippen LogP contribution in [0.5, 0.6) is 0 Å². The van der Waals surface area contributed by atoms with Crippen LogP contribution in [0.25, 0.3) is 0 Å². The fourth-order valence-electron chi connectivity index (χ4n) is 3.00. The lowest BCUT2D eigenvalue weighted by Crippen LogP contribution is -2.28. The van der Waals surface area contributed by atoms with E-state index in [1.165, 1.54) is 25.1 Å². The first-order valence-corrected chi connectivity index (χ1v) is 12.4. The van der Waals surface area contributed by atoms with Crippen LogP contribution < -0.4 is 4.72 Å². The van der Waals surface area contributed by atoms with Crippen molar-refractivity contribution in [2.75, 3.05) is 16.2 Å². The average Bonchev–Trinajstić information content (AvgIpc) is 3.15. The van der Waals surface area contributed by atoms with Crippen molar-refractivity contribution in [1.29, 1.82) is 0 Å². The molecule has 3 rings (SSSR count). The van der Waals surface area contributed by atoms with Crippen molar-refractivity contribution in [3.8, 4) is 0 Å². The van der Waals surface area contributed by atoms with Crippen LogP contribution in [-0.2, 0) is 20.0 Å². The third-order valence-corrected chi connectivity index (χ3v) is 7.57. The third kappa shape index (κ3) is 4.76. The lowest BCUT2D eigenvalue weighted by atomic mass is 9.99. The Hall–Kier alpha value is -2.46. The summed E-state index contributed by atoms with van der Waals surface area (Å²) in [5, 5.41) is 4.31. The van der Waals surface area contributed by atoms with E-state index in [4.69, 9.17) is 0 Å². The first-order valence-electron chi connectivity index (χ1n) is 9.11. The molecule has 1 unspecified atom stereocenters. The largest absolute Gasteiger partial charge is 0.284 e. The Morgan fingerprint density at radius 1 is 1.07 bits per heavy atom. The normalized spacial score (nSPS) is 17.3. The molecular weight excluding hydrogens is 417 g/mol. The molecule has 1 aliphatic rings. The zero-order valence-electron chi connectivity index (χ0n) is 16.0. The van der Waals surface area contributed by atoms with Crippen molar-refractivity contribution >= 4 is 31.4 Å². The summed E-state index contributed by atoms with van der Waals surface area (Å²) >= 11 is 0. The van der Waals surface area contributed by atoms with Gasteiger partial charge in [0, 0.05) is 12.1 Å². The van der Waals surface area contributed by atoms with Gasteiger partial charge in [0.05, 0.1) is 23.3 Å². The number of halogens is 1. The minimum atomic E-state index is -3.65. The highest BCUT2D eigenvalue weighted by molar-refractivity contribution is 7.92. The first kappa shape index (κ1) is 21.3. The predicted octanol–water partition coefficient (Wildman–Crippen LogP) is 3.09. The van der Waals surface area contributed by atoms with Gasteiger partial charge >= 0.3 is 0 Å². The van der Waals surface area contributed by atoms with Crippen LogP contribution in [0.3, 0.4) is 0 Å². The summed E-state index contributed by atoms with van der Waals surface area (Å²) < 4.78 is 65.6. The number of nitrogens with one attached hydrogen (secondary N) is 1. The lowest BCUT2D eigenvalue weighted by molar-refractivity contribution is 0.371. The van der Waals surface area contributed by atoms with Gasteiger partial charge < -0.3 is 0 Å². The summed E-state index contributed by atoms with van der Waals surface area (Å²) in [6.45, 7) is 3.07. The maximum atomic E-state index is 13.7. The topological polar surface area (TPSA) is 95.9 Å². The number of nitrogens with zero attached hydrogens (tertiary/aromatic N) is 2. The quantitative estimate of drug-likeness (QED) is 0.717. The van der Waals surface area contributed by atoms with Crippen molar-refractivity contribution in [1.82, 2.24) is 4.41 Å². The summed E-state index contributed by atoms with van der Waals surface area (Å²) in [6.07, 6.45) is 0.280. The van der Waals surface area contributed by atoms with Crippen molar-refractivity contribution in [2.24, 2.45) is 5.10 Å². The van der Waals surface area contributed by atoms with Crippen LogP contribution in [0.15, 0.2) is 53.6 Å². The van der Waals surface area contributed by atoms with Gasteiger partial charge in [0.1, 0.15) is 5.82 Å². The van der Waals surface area contributed by atoms with E-state index >= 15 is 0 Å². The van der Waals surface area contributed by atoms with Gasteiger partial charge in [0.15, 0.2) is 0 Å². The Morgan fingerprint density at radius 2 is 1.76 bits per heavy atom. The average molecular weight is 440 g/mol. The number of sulfonamides is 2. The van der Waals surface area contributed by atoms with E-state index in [9.17, 15) is 21.2 Å². The SMILES string of the molecule is CCS(=O)(=O)Nc1ccc(C2=NN(S(=O)(=O)CC)C(c3cccc(F)c3)C2)cc1. The number of rotatable bonds is 7. The molecule has 1 atom stereocenters. The molecule has 0 aliphatic carbocycles. The standard InChI is InChI=1S/C19H22FN3O4S2/c1-3-28(24,25)22-17-10-8-14(9-11-17)18-13-19(15-6-5-7-16(20)12-15)23(21-18)29(26,27)4-2/h5-12,19,22H,3-4,13H2,1-2H3. The molecule has 0 saturated heterocycles. The Morgan fingerprint density at radius 3 is 2.34 bits per heavy atom. The minimum Gasteiger partial charge on any atom is -0.284 e. The number of hydrogen-bond acceptors (Lipinski definition) is 5. The van der Waals surface area contributed by atoms with Crippen LogP contribution in [0.2, 0.25) is 0 Å². The molecule has 29 heavy (non-hydrogen) atoms. The summed E-state index contributed by atoms with van der Waals surface area (Å²) in [7, 11) is -7.04. The van der Waals surface area contributed by atoms with Gasteiger partial charge in [-0.25, -0.2) is 21.2 Å². The first-order chi connectivity index (χ1) is 13.6. The lowest BCUT2D eigenvalue weighted by Gasteiger charge is -2.22. The van der Waals surface area contributed by atoms with Crippen molar-refractivity contribution in [2.45, 2.75) is 26.3 Å². The highest BCUT2D eigenvalue weighted by Crippen LogP contribution is 2.35. The highest BCUT2D eigenvalue weighted by Gasteiger charge is 2.35. The summed E-state index contributed by atoms with van der Waals surface area (Å²) in [5.41, 5.74) is 2.13. The molecule has 0 radical (unpaired) electrons. The molecule has 2 aromatic carbocycles. The Labute approximate surface area is 170 Å². The van der Waals surface area contributed by atoms with Gasteiger partial charge in [-0.15, -0.1) is 0 Å². The van der Waals surface area contributed by atoms with Crippen molar-refractivity contribution < 1.29 is 21.2 Å². The number of hydrogen-bond donors (Lipinski definition) is 1. The zero-order valence-corrected chi connectivity index (χ0v) is 17.7. The van der Waals surface area contributed by atoms with E-state index in [0.29, 0.717) is 22.5 Å². The predicted molar refractivity (Wildman–Crippen MR) is 111 cm³/mol. The number of benzene rings is 2. The van der Waals surface area contributed by atoms with Crippen LogP contribution >= 0.6 is 0 Å². The van der Waals surface area contributed by atoms with Gasteiger partial charge in [-0.2, -0.15) is 9.52 Å². The molecule has 2 aromatic rings. The number of hydrazone groups is 1. The molecular formula is C19H22FN3O4S2. The van der Waals surface area contributed by atoms with Crippen LogP contribution in [-0.4, -0.2) is 38.5 Å². The van der Waals surface area contributed by atoms with E-state index in [1.807, 2.05) is 0 Å². The van der Waals surface area contributed by atoms with E-state index in [1.54, 1.807) is 37.3 Å². The third-order valence-electron chi connectivity index (χ3n) is 4.63. The second kappa shape index (κ2) is 8.11. The molecule has 0 bridgehead atoms. The molecule has 0 amide bonds. The Bertz CT molecular complexity index is 1130. The zero-order chi connectivity index (χ0) is 21.2. The van der Waals surface area contributed by atoms with Gasteiger partial charge in [-0.3, -0.25) is 4.72 Å². The van der Waals surface area contributed by atoms with E-state index in [-0.39, 0.29) is 17.9 Å². The van der Waals surface area contributed by atoms with Crippen molar-refractivity contribution in [3.63, 3.8) is 0 Å².